The number of likely N-dealkylation sites (tertiary alicyclic amines) is 1. The molecule has 0 saturated carbocycles. The Bertz CT molecular complexity index is 785. The number of amides is 1. The summed E-state index contributed by atoms with van der Waals surface area (Å²) in [4.78, 5) is 21.9. The first-order valence-electron chi connectivity index (χ1n) is 8.19. The van der Waals surface area contributed by atoms with Crippen LogP contribution in [0.3, 0.4) is 0 Å². The average molecular weight is 321 g/mol. The van der Waals surface area contributed by atoms with Gasteiger partial charge in [-0.05, 0) is 36.5 Å². The maximum absolute atomic E-state index is 12.7. The lowest BCUT2D eigenvalue weighted by molar-refractivity contribution is 0.0713. The summed E-state index contributed by atoms with van der Waals surface area (Å²) in [5.41, 5.74) is 2.95. The molecule has 2 N–H and O–H groups in total. The number of piperidine rings is 1. The summed E-state index contributed by atoms with van der Waals surface area (Å²) < 4.78 is 0. The van der Waals surface area contributed by atoms with Crippen LogP contribution in [0.4, 0.5) is 0 Å². The van der Waals surface area contributed by atoms with Crippen molar-refractivity contribution in [2.24, 2.45) is 0 Å². The maximum Gasteiger partial charge on any atom is 0.253 e. The van der Waals surface area contributed by atoms with Crippen molar-refractivity contribution in [1.82, 2.24) is 25.1 Å². The van der Waals surface area contributed by atoms with E-state index in [0.29, 0.717) is 5.92 Å². The van der Waals surface area contributed by atoms with Gasteiger partial charge < -0.3 is 9.88 Å². The fourth-order valence-electron chi connectivity index (χ4n) is 3.28. The van der Waals surface area contributed by atoms with Crippen LogP contribution in [-0.2, 0) is 0 Å². The molecule has 1 aliphatic rings. The Kier molecular flexibility index (Phi) is 3.86. The van der Waals surface area contributed by atoms with E-state index in [0.717, 1.165) is 42.9 Å². The number of rotatable bonds is 3. The smallest absolute Gasteiger partial charge is 0.253 e. The summed E-state index contributed by atoms with van der Waals surface area (Å²) in [6.45, 7) is 1.57. The van der Waals surface area contributed by atoms with Crippen LogP contribution < -0.4 is 0 Å². The third-order valence-electron chi connectivity index (χ3n) is 4.68. The molecule has 0 atom stereocenters. The second kappa shape index (κ2) is 6.31. The Hall–Kier alpha value is -2.89. The normalized spacial score (nSPS) is 15.6. The third kappa shape index (κ3) is 2.82. The lowest BCUT2D eigenvalue weighted by Crippen LogP contribution is -2.37. The van der Waals surface area contributed by atoms with Crippen LogP contribution in [0.15, 0.2) is 49.1 Å². The topological polar surface area (TPSA) is 77.7 Å². The first kappa shape index (κ1) is 14.7. The first-order chi connectivity index (χ1) is 11.8. The number of H-pyrrole nitrogens is 2. The van der Waals surface area contributed by atoms with E-state index >= 15 is 0 Å². The van der Waals surface area contributed by atoms with Crippen molar-refractivity contribution >= 4 is 5.91 Å². The largest absolute Gasteiger partial charge is 0.345 e. The van der Waals surface area contributed by atoms with Crippen LogP contribution in [0, 0.1) is 0 Å². The summed E-state index contributed by atoms with van der Waals surface area (Å²) in [7, 11) is 0. The van der Waals surface area contributed by atoms with E-state index in [1.807, 2.05) is 41.6 Å². The predicted octanol–water partition coefficient (Wildman–Crippen LogP) is 2.82. The van der Waals surface area contributed by atoms with Gasteiger partial charge in [-0.25, -0.2) is 4.98 Å². The summed E-state index contributed by atoms with van der Waals surface area (Å²) in [6.07, 6.45) is 9.31. The van der Waals surface area contributed by atoms with Gasteiger partial charge in [-0.15, -0.1) is 0 Å². The second-order valence-corrected chi connectivity index (χ2v) is 6.11. The van der Waals surface area contributed by atoms with Crippen LogP contribution in [-0.4, -0.2) is 44.1 Å². The van der Waals surface area contributed by atoms with E-state index in [1.54, 1.807) is 12.4 Å². The highest BCUT2D eigenvalue weighted by molar-refractivity contribution is 5.94. The van der Waals surface area contributed by atoms with E-state index in [1.165, 1.54) is 5.56 Å². The highest BCUT2D eigenvalue weighted by atomic mass is 16.2. The molecule has 1 saturated heterocycles. The fourth-order valence-corrected chi connectivity index (χ4v) is 3.28. The first-order valence-corrected chi connectivity index (χ1v) is 8.19. The van der Waals surface area contributed by atoms with Crippen LogP contribution in [0.1, 0.15) is 34.7 Å². The van der Waals surface area contributed by atoms with Crippen molar-refractivity contribution in [3.63, 3.8) is 0 Å². The number of hydrogen-bond donors (Lipinski definition) is 2. The van der Waals surface area contributed by atoms with Gasteiger partial charge >= 0.3 is 0 Å². The molecule has 6 nitrogen and oxygen atoms in total. The molecule has 1 aromatic carbocycles. The van der Waals surface area contributed by atoms with E-state index in [9.17, 15) is 4.79 Å². The minimum atomic E-state index is 0.103. The monoisotopic (exact) mass is 321 g/mol. The number of nitrogens with zero attached hydrogens (tertiary/aromatic N) is 3. The van der Waals surface area contributed by atoms with Crippen molar-refractivity contribution in [1.29, 1.82) is 0 Å². The van der Waals surface area contributed by atoms with Gasteiger partial charge in [-0.1, -0.05) is 12.1 Å². The van der Waals surface area contributed by atoms with Gasteiger partial charge in [0, 0.05) is 42.8 Å². The minimum absolute atomic E-state index is 0.103. The Morgan fingerprint density at radius 1 is 1.17 bits per heavy atom. The number of benzene rings is 1. The molecule has 0 aliphatic carbocycles. The summed E-state index contributed by atoms with van der Waals surface area (Å²) >= 11 is 0. The van der Waals surface area contributed by atoms with Crippen LogP contribution in [0.5, 0.6) is 0 Å². The number of imidazole rings is 1. The molecular formula is C18H19N5O. The molecule has 0 spiro atoms. The van der Waals surface area contributed by atoms with Crippen molar-refractivity contribution in [3.05, 3.63) is 60.2 Å². The number of hydrogen-bond acceptors (Lipinski definition) is 3. The molecule has 3 heterocycles. The molecule has 6 heteroatoms. The number of aromatic amines is 2. The van der Waals surface area contributed by atoms with Crippen molar-refractivity contribution in [2.75, 3.05) is 13.1 Å². The van der Waals surface area contributed by atoms with Crippen molar-refractivity contribution in [3.8, 4) is 11.4 Å². The van der Waals surface area contributed by atoms with Gasteiger partial charge in [-0.3, -0.25) is 9.89 Å². The van der Waals surface area contributed by atoms with Gasteiger partial charge in [-0.2, -0.15) is 5.10 Å². The molecule has 2 aromatic heterocycles. The molecule has 3 aromatic rings. The highest BCUT2D eigenvalue weighted by Gasteiger charge is 2.25. The fraction of sp³-hybridized carbons (Fsp3) is 0.278. The molecule has 0 radical (unpaired) electrons. The number of carbonyl (C=O) groups excluding carboxylic acids is 1. The van der Waals surface area contributed by atoms with E-state index in [2.05, 4.69) is 20.2 Å². The Labute approximate surface area is 139 Å². The van der Waals surface area contributed by atoms with Gasteiger partial charge in [0.1, 0.15) is 5.82 Å². The molecule has 1 aliphatic heterocycles. The Balaban J connectivity index is 1.41. The lowest BCUT2D eigenvalue weighted by atomic mass is 9.91. The Morgan fingerprint density at radius 2 is 1.96 bits per heavy atom. The van der Waals surface area contributed by atoms with Gasteiger partial charge in [0.05, 0.1) is 6.20 Å². The third-order valence-corrected chi connectivity index (χ3v) is 4.68. The number of nitrogens with one attached hydrogen (secondary N) is 2. The Morgan fingerprint density at radius 3 is 2.58 bits per heavy atom. The van der Waals surface area contributed by atoms with Crippen molar-refractivity contribution in [2.45, 2.75) is 18.8 Å². The lowest BCUT2D eigenvalue weighted by Gasteiger charge is -2.31. The summed E-state index contributed by atoms with van der Waals surface area (Å²) in [6, 6.07) is 7.62. The van der Waals surface area contributed by atoms with Gasteiger partial charge in [0.15, 0.2) is 0 Å². The second-order valence-electron chi connectivity index (χ2n) is 6.11. The summed E-state index contributed by atoms with van der Waals surface area (Å²) in [5.74, 6) is 1.41. The quantitative estimate of drug-likeness (QED) is 0.778. The average Bonchev–Trinajstić information content (AvgIpc) is 3.35. The molecule has 0 bridgehead atoms. The predicted molar refractivity (Wildman–Crippen MR) is 90.5 cm³/mol. The zero-order valence-corrected chi connectivity index (χ0v) is 13.3. The number of carbonyl (C=O) groups is 1. The molecule has 0 unspecified atom stereocenters. The van der Waals surface area contributed by atoms with Crippen LogP contribution >= 0.6 is 0 Å². The van der Waals surface area contributed by atoms with Gasteiger partial charge in [0.2, 0.25) is 0 Å². The molecule has 1 fully saturated rings. The van der Waals surface area contributed by atoms with Gasteiger partial charge in [0.25, 0.3) is 5.91 Å². The van der Waals surface area contributed by atoms with Crippen molar-refractivity contribution < 1.29 is 4.79 Å². The minimum Gasteiger partial charge on any atom is -0.345 e. The number of aromatic nitrogens is 4. The van der Waals surface area contributed by atoms with E-state index in [-0.39, 0.29) is 5.91 Å². The highest BCUT2D eigenvalue weighted by Crippen LogP contribution is 2.28. The molecule has 24 heavy (non-hydrogen) atoms. The van der Waals surface area contributed by atoms with Crippen LogP contribution in [0.25, 0.3) is 11.4 Å². The summed E-state index contributed by atoms with van der Waals surface area (Å²) in [5, 5.41) is 6.88. The standard InChI is InChI=1S/C18H19N5O/c24-18(15-3-1-14(2-4-15)17-19-7-8-20-17)23-9-5-13(6-10-23)16-11-21-22-12-16/h1-4,7-8,11-13H,5-6,9-10H2,(H,19,20)(H,21,22). The SMILES string of the molecule is O=C(c1ccc(-c2ncc[nH]2)cc1)N1CCC(c2cn[nH]c2)CC1. The van der Waals surface area contributed by atoms with E-state index in [4.69, 9.17) is 0 Å². The zero-order valence-electron chi connectivity index (χ0n) is 13.3. The van der Waals surface area contributed by atoms with E-state index < -0.39 is 0 Å². The zero-order chi connectivity index (χ0) is 16.4. The molecule has 122 valence electrons. The molecular weight excluding hydrogens is 302 g/mol. The van der Waals surface area contributed by atoms with Crippen LogP contribution in [0.2, 0.25) is 0 Å². The molecule has 1 amide bonds. The maximum atomic E-state index is 12.7. The molecule has 4 rings (SSSR count).